The molecular formula is C26H45ClNO3P. The lowest BCUT2D eigenvalue weighted by molar-refractivity contribution is -0.137. The number of hydrogen-bond acceptors (Lipinski definition) is 3. The number of alkyl halides is 1. The van der Waals surface area contributed by atoms with Gasteiger partial charge in [0.2, 0.25) is 0 Å². The Morgan fingerprint density at radius 1 is 1.00 bits per heavy atom. The lowest BCUT2D eigenvalue weighted by Gasteiger charge is -2.21. The van der Waals surface area contributed by atoms with E-state index in [1.165, 1.54) is 16.7 Å². The SMILES string of the molecule is C=CC/C(=C\COPN(CCCCCl)CCCCC(=O)O)CC/C=C(\C)CCC=C(C)C. The molecule has 0 saturated heterocycles. The van der Waals surface area contributed by atoms with Crippen molar-refractivity contribution in [2.24, 2.45) is 0 Å². The number of unbranched alkanes of at least 4 members (excludes halogenated alkanes) is 2. The van der Waals surface area contributed by atoms with Gasteiger partial charge in [0.05, 0.1) is 15.6 Å². The molecule has 184 valence electrons. The molecular weight excluding hydrogens is 441 g/mol. The molecule has 0 aliphatic rings. The fraction of sp³-hybridized carbons (Fsp3) is 0.654. The smallest absolute Gasteiger partial charge is 0.303 e. The van der Waals surface area contributed by atoms with E-state index in [0.717, 1.165) is 64.5 Å². The topological polar surface area (TPSA) is 49.8 Å². The Kier molecular flexibility index (Phi) is 21.3. The second kappa shape index (κ2) is 21.9. The third-order valence-electron chi connectivity index (χ3n) is 4.99. The van der Waals surface area contributed by atoms with Gasteiger partial charge in [0, 0.05) is 25.4 Å². The number of aliphatic carboxylic acids is 1. The maximum atomic E-state index is 10.7. The van der Waals surface area contributed by atoms with Crippen LogP contribution >= 0.6 is 20.6 Å². The first-order valence-electron chi connectivity index (χ1n) is 11.9. The quantitative estimate of drug-likeness (QED) is 0.0772. The van der Waals surface area contributed by atoms with Gasteiger partial charge in [-0.05, 0) is 78.6 Å². The van der Waals surface area contributed by atoms with Crippen LogP contribution in [-0.2, 0) is 9.32 Å². The van der Waals surface area contributed by atoms with E-state index in [1.807, 2.05) is 6.08 Å². The van der Waals surface area contributed by atoms with Gasteiger partial charge >= 0.3 is 5.97 Å². The number of hydrogen-bond donors (Lipinski definition) is 1. The number of carboxylic acid groups (broad SMARTS) is 1. The van der Waals surface area contributed by atoms with Gasteiger partial charge in [-0.1, -0.05) is 41.0 Å². The number of halogens is 1. The summed E-state index contributed by atoms with van der Waals surface area (Å²) < 4.78 is 8.24. The van der Waals surface area contributed by atoms with Crippen molar-refractivity contribution in [1.29, 1.82) is 0 Å². The molecule has 0 aliphatic carbocycles. The number of allylic oxidation sites excluding steroid dienone is 6. The molecule has 0 rings (SSSR count). The molecule has 0 heterocycles. The molecule has 1 unspecified atom stereocenters. The van der Waals surface area contributed by atoms with Crippen LogP contribution < -0.4 is 0 Å². The van der Waals surface area contributed by atoms with Crippen LogP contribution in [0.2, 0.25) is 0 Å². The van der Waals surface area contributed by atoms with Gasteiger partial charge < -0.3 is 9.63 Å². The minimum Gasteiger partial charge on any atom is -0.481 e. The van der Waals surface area contributed by atoms with Crippen LogP contribution in [0.3, 0.4) is 0 Å². The Bertz CT molecular complexity index is 598. The van der Waals surface area contributed by atoms with E-state index in [2.05, 4.69) is 50.2 Å². The van der Waals surface area contributed by atoms with Gasteiger partial charge in [-0.3, -0.25) is 9.46 Å². The summed E-state index contributed by atoms with van der Waals surface area (Å²) in [6.45, 7) is 12.8. The molecule has 32 heavy (non-hydrogen) atoms. The third kappa shape index (κ3) is 20.9. The highest BCUT2D eigenvalue weighted by atomic mass is 35.5. The normalized spacial score (nSPS) is 12.7. The standard InChI is InChI=1S/C26H45ClNO3P/c1-5-12-25(16-11-15-24(4)14-10-13-23(2)3)18-22-31-32-28(21-9-7-19-27)20-8-6-17-26(29)30/h5,13,15,18,32H,1,6-12,14,16-17,19-22H2,2-4H3,(H,29,30)/b24-15+,25-18+. The second-order valence-corrected chi connectivity index (χ2v) is 9.88. The maximum absolute atomic E-state index is 10.7. The van der Waals surface area contributed by atoms with Gasteiger partial charge in [-0.15, -0.1) is 18.2 Å². The fourth-order valence-electron chi connectivity index (χ4n) is 3.13. The Morgan fingerprint density at radius 3 is 2.31 bits per heavy atom. The van der Waals surface area contributed by atoms with Gasteiger partial charge in [0.25, 0.3) is 0 Å². The van der Waals surface area contributed by atoms with E-state index in [4.69, 9.17) is 21.2 Å². The van der Waals surface area contributed by atoms with E-state index in [-0.39, 0.29) is 6.42 Å². The lowest BCUT2D eigenvalue weighted by Crippen LogP contribution is -2.18. The summed E-state index contributed by atoms with van der Waals surface area (Å²) in [7, 11) is 0.293. The minimum absolute atomic E-state index is 0.232. The molecule has 0 aromatic rings. The van der Waals surface area contributed by atoms with Crippen molar-refractivity contribution < 1.29 is 14.4 Å². The van der Waals surface area contributed by atoms with Crippen molar-refractivity contribution in [3.8, 4) is 0 Å². The van der Waals surface area contributed by atoms with Crippen LogP contribution in [0.5, 0.6) is 0 Å². The minimum atomic E-state index is -0.727. The maximum Gasteiger partial charge on any atom is 0.303 e. The monoisotopic (exact) mass is 485 g/mol. The van der Waals surface area contributed by atoms with Gasteiger partial charge in [-0.2, -0.15) is 0 Å². The molecule has 0 amide bonds. The summed E-state index contributed by atoms with van der Waals surface area (Å²) >= 11 is 5.80. The average Bonchev–Trinajstić information content (AvgIpc) is 2.73. The summed E-state index contributed by atoms with van der Waals surface area (Å²) in [6.07, 6.45) is 17.9. The number of carboxylic acids is 1. The molecule has 0 saturated carbocycles. The van der Waals surface area contributed by atoms with Gasteiger partial charge in [0.15, 0.2) is 0 Å². The Balaban J connectivity index is 4.43. The first-order chi connectivity index (χ1) is 15.4. The second-order valence-electron chi connectivity index (χ2n) is 8.40. The van der Waals surface area contributed by atoms with Crippen LogP contribution in [0, 0.1) is 0 Å². The van der Waals surface area contributed by atoms with Crippen molar-refractivity contribution in [3.63, 3.8) is 0 Å². The number of carbonyl (C=O) groups is 1. The zero-order valence-corrected chi connectivity index (χ0v) is 22.3. The molecule has 1 atom stereocenters. The van der Waals surface area contributed by atoms with E-state index in [0.29, 0.717) is 27.9 Å². The average molecular weight is 486 g/mol. The predicted molar refractivity (Wildman–Crippen MR) is 142 cm³/mol. The summed E-state index contributed by atoms with van der Waals surface area (Å²) in [5.74, 6) is -0.0527. The molecule has 4 nitrogen and oxygen atoms in total. The lowest BCUT2D eigenvalue weighted by atomic mass is 10.0. The van der Waals surface area contributed by atoms with Crippen molar-refractivity contribution in [3.05, 3.63) is 47.6 Å². The first-order valence-corrected chi connectivity index (χ1v) is 13.3. The molecule has 0 aromatic heterocycles. The predicted octanol–water partition coefficient (Wildman–Crippen LogP) is 8.06. The molecule has 0 fully saturated rings. The largest absolute Gasteiger partial charge is 0.481 e. The highest BCUT2D eigenvalue weighted by Crippen LogP contribution is 2.22. The van der Waals surface area contributed by atoms with Crippen LogP contribution in [0.25, 0.3) is 0 Å². The molecule has 6 heteroatoms. The van der Waals surface area contributed by atoms with Crippen LogP contribution in [0.4, 0.5) is 0 Å². The molecule has 1 N–H and O–H groups in total. The molecule has 0 spiro atoms. The molecule has 0 aliphatic heterocycles. The summed E-state index contributed by atoms with van der Waals surface area (Å²) in [5, 5.41) is 8.80. The van der Waals surface area contributed by atoms with Crippen molar-refractivity contribution in [2.45, 2.75) is 85.0 Å². The molecule has 0 bridgehead atoms. The van der Waals surface area contributed by atoms with E-state index in [1.54, 1.807) is 0 Å². The van der Waals surface area contributed by atoms with Crippen LogP contribution in [0.15, 0.2) is 47.6 Å². The fourth-order valence-corrected chi connectivity index (χ4v) is 4.16. The highest BCUT2D eigenvalue weighted by Gasteiger charge is 2.06. The molecule has 0 aromatic carbocycles. The summed E-state index contributed by atoms with van der Waals surface area (Å²) in [4.78, 5) is 10.7. The first kappa shape index (κ1) is 31.1. The Labute approximate surface area is 203 Å². The third-order valence-corrected chi connectivity index (χ3v) is 6.25. The zero-order chi connectivity index (χ0) is 24.0. The van der Waals surface area contributed by atoms with Crippen LogP contribution in [0.1, 0.15) is 85.0 Å². The zero-order valence-electron chi connectivity index (χ0n) is 20.5. The summed E-state index contributed by atoms with van der Waals surface area (Å²) in [5.41, 5.74) is 4.20. The van der Waals surface area contributed by atoms with Gasteiger partial charge in [0.1, 0.15) is 0 Å². The van der Waals surface area contributed by atoms with Crippen molar-refractivity contribution in [2.75, 3.05) is 25.6 Å². The van der Waals surface area contributed by atoms with E-state index < -0.39 is 5.97 Å². The van der Waals surface area contributed by atoms with E-state index >= 15 is 0 Å². The van der Waals surface area contributed by atoms with Crippen molar-refractivity contribution in [1.82, 2.24) is 4.67 Å². The van der Waals surface area contributed by atoms with Crippen LogP contribution in [-0.4, -0.2) is 41.3 Å². The Hall–Kier alpha value is -0.930. The highest BCUT2D eigenvalue weighted by molar-refractivity contribution is 7.29. The molecule has 0 radical (unpaired) electrons. The number of nitrogens with zero attached hydrogens (tertiary/aromatic N) is 1. The van der Waals surface area contributed by atoms with E-state index in [9.17, 15) is 4.79 Å². The number of rotatable bonds is 21. The summed E-state index contributed by atoms with van der Waals surface area (Å²) in [6, 6.07) is 0. The van der Waals surface area contributed by atoms with Crippen molar-refractivity contribution >= 4 is 26.5 Å². The Morgan fingerprint density at radius 2 is 1.69 bits per heavy atom. The van der Waals surface area contributed by atoms with Gasteiger partial charge in [-0.25, -0.2) is 0 Å².